The van der Waals surface area contributed by atoms with Gasteiger partial charge in [-0.25, -0.2) is 4.90 Å². The Labute approximate surface area is 336 Å². The average molecular weight is 802 g/mol. The molecule has 2 atom stereocenters. The molecular weight excluding hydrogens is 767 g/mol. The van der Waals surface area contributed by atoms with Gasteiger partial charge in [-0.2, -0.15) is 0 Å². The van der Waals surface area contributed by atoms with Crippen LogP contribution in [0, 0.1) is 0 Å². The number of benzene rings is 7. The highest BCUT2D eigenvalue weighted by Gasteiger charge is 2.39. The third-order valence-electron chi connectivity index (χ3n) is 10.7. The number of methoxy groups -OCH3 is 1. The van der Waals surface area contributed by atoms with Crippen LogP contribution in [0.4, 0.5) is 5.69 Å². The summed E-state index contributed by atoms with van der Waals surface area (Å²) in [5, 5.41) is 6.66. The van der Waals surface area contributed by atoms with Gasteiger partial charge in [0.25, 0.3) is 23.6 Å². The lowest BCUT2D eigenvalue weighted by atomic mass is 9.82. The Balaban J connectivity index is 1.07. The highest BCUT2D eigenvalue weighted by atomic mass is 35.5. The molecule has 0 spiro atoms. The zero-order valence-corrected chi connectivity index (χ0v) is 32.6. The second-order valence-corrected chi connectivity index (χ2v) is 15.1. The molecule has 0 saturated heterocycles. The Hall–Kier alpha value is -5.62. The van der Waals surface area contributed by atoms with Gasteiger partial charge in [0.2, 0.25) is 0 Å². The highest BCUT2D eigenvalue weighted by molar-refractivity contribution is 6.44. The summed E-state index contributed by atoms with van der Waals surface area (Å²) in [6.45, 7) is 5.09. The Kier molecular flexibility index (Phi) is 9.34. The first-order chi connectivity index (χ1) is 27.6. The number of ether oxygens (including phenoxy) is 4. The molecule has 2 aliphatic heterocycles. The Morgan fingerprint density at radius 3 is 1.63 bits per heavy atom. The van der Waals surface area contributed by atoms with Gasteiger partial charge in [0.15, 0.2) is 0 Å². The van der Waals surface area contributed by atoms with Crippen molar-refractivity contribution in [3.8, 4) is 11.5 Å². The number of anilines is 1. The molecule has 0 saturated carbocycles. The van der Waals surface area contributed by atoms with Crippen molar-refractivity contribution in [1.29, 1.82) is 0 Å². The van der Waals surface area contributed by atoms with Gasteiger partial charge in [0.1, 0.15) is 11.5 Å². The maximum atomic E-state index is 14.3. The van der Waals surface area contributed by atoms with E-state index in [0.29, 0.717) is 75.1 Å². The molecule has 0 N–H and O–H groups in total. The van der Waals surface area contributed by atoms with Gasteiger partial charge < -0.3 is 18.9 Å². The van der Waals surface area contributed by atoms with Crippen molar-refractivity contribution < 1.29 is 38.1 Å². The number of hydrogen-bond donors (Lipinski definition) is 0. The lowest BCUT2D eigenvalue weighted by molar-refractivity contribution is -0.0312. The lowest BCUT2D eigenvalue weighted by Gasteiger charge is -2.33. The fourth-order valence-corrected chi connectivity index (χ4v) is 8.42. The van der Waals surface area contributed by atoms with Crippen molar-refractivity contribution in [3.63, 3.8) is 0 Å². The predicted octanol–water partition coefficient (Wildman–Crippen LogP) is 9.69. The molecule has 2 heterocycles. The van der Waals surface area contributed by atoms with Crippen LogP contribution in [-0.4, -0.2) is 74.2 Å². The molecule has 0 fully saturated rings. The number of imide groups is 2. The molecule has 12 heteroatoms. The molecule has 7 aromatic rings. The van der Waals surface area contributed by atoms with Crippen molar-refractivity contribution in [3.05, 3.63) is 123 Å². The summed E-state index contributed by atoms with van der Waals surface area (Å²) in [6.07, 6.45) is -0.248. The fraction of sp³-hybridized carbons (Fsp3) is 0.200. The summed E-state index contributed by atoms with van der Waals surface area (Å²) >= 11 is 12.6. The molecule has 2 unspecified atom stereocenters. The van der Waals surface area contributed by atoms with Gasteiger partial charge in [0.05, 0.1) is 49.3 Å². The summed E-state index contributed by atoms with van der Waals surface area (Å²) in [5.41, 5.74) is 1.88. The van der Waals surface area contributed by atoms with E-state index in [1.807, 2.05) is 31.2 Å². The van der Waals surface area contributed by atoms with Crippen LogP contribution in [0.2, 0.25) is 10.0 Å². The first-order valence-corrected chi connectivity index (χ1v) is 19.2. The number of nitrogens with zero attached hydrogens (tertiary/aromatic N) is 2. The topological polar surface area (TPSA) is 112 Å². The molecule has 9 rings (SSSR count). The number of amides is 4. The van der Waals surface area contributed by atoms with E-state index < -0.39 is 29.7 Å². The summed E-state index contributed by atoms with van der Waals surface area (Å²) < 4.78 is 22.5. The summed E-state index contributed by atoms with van der Waals surface area (Å²) in [7, 11) is 1.61. The van der Waals surface area contributed by atoms with E-state index in [1.54, 1.807) is 74.7 Å². The van der Waals surface area contributed by atoms with Gasteiger partial charge >= 0.3 is 0 Å². The minimum Gasteiger partial charge on any atom is -0.456 e. The number of carbonyl (C=O) groups excluding carboxylic acids is 4. The molecule has 10 nitrogen and oxygen atoms in total. The standard InChI is InChI=1S/C45H34Cl2N2O8/c1-23(21-56-24(2)22-55-19-18-54-3)48-42(50)32-13-9-28-30-11-15-34-41-35(16-12-31(39(30)41)29-10-14-33(43(48)51)40(32)38(28)29)45(53)49(44(34)52)26-6-17-37(36(47)20-26)57-27-7-4-25(46)5-8-27/h4-17,20,23-24H,18-19,21-22H2,1-3H3. The molecule has 57 heavy (non-hydrogen) atoms. The van der Waals surface area contributed by atoms with Crippen LogP contribution in [0.3, 0.4) is 0 Å². The van der Waals surface area contributed by atoms with E-state index >= 15 is 0 Å². The van der Waals surface area contributed by atoms with Crippen LogP contribution < -0.4 is 9.64 Å². The second kappa shape index (κ2) is 14.4. The predicted molar refractivity (Wildman–Crippen MR) is 220 cm³/mol. The summed E-state index contributed by atoms with van der Waals surface area (Å²) in [5.74, 6) is -0.894. The summed E-state index contributed by atoms with van der Waals surface area (Å²) in [4.78, 5) is 59.2. The number of halogens is 2. The zero-order chi connectivity index (χ0) is 39.7. The lowest BCUT2D eigenvalue weighted by Crippen LogP contribution is -2.48. The first kappa shape index (κ1) is 37.0. The maximum Gasteiger partial charge on any atom is 0.265 e. The van der Waals surface area contributed by atoms with Gasteiger partial charge in [-0.15, -0.1) is 0 Å². The maximum absolute atomic E-state index is 14.3. The molecule has 0 bridgehead atoms. The number of hydrogen-bond acceptors (Lipinski definition) is 8. The molecule has 7 aromatic carbocycles. The van der Waals surface area contributed by atoms with Crippen LogP contribution in [0.5, 0.6) is 11.5 Å². The van der Waals surface area contributed by atoms with Gasteiger partial charge in [-0.1, -0.05) is 47.5 Å². The van der Waals surface area contributed by atoms with E-state index in [9.17, 15) is 19.2 Å². The van der Waals surface area contributed by atoms with Crippen molar-refractivity contribution in [2.24, 2.45) is 0 Å². The van der Waals surface area contributed by atoms with Crippen molar-refractivity contribution in [2.75, 3.05) is 38.4 Å². The van der Waals surface area contributed by atoms with Crippen molar-refractivity contribution in [2.45, 2.75) is 26.0 Å². The molecule has 0 aliphatic carbocycles. The minimum atomic E-state index is -0.537. The van der Waals surface area contributed by atoms with Crippen molar-refractivity contribution in [1.82, 2.24) is 4.90 Å². The van der Waals surface area contributed by atoms with E-state index in [0.717, 1.165) is 37.2 Å². The Bertz CT molecular complexity index is 2700. The monoisotopic (exact) mass is 800 g/mol. The van der Waals surface area contributed by atoms with Crippen LogP contribution in [0.1, 0.15) is 55.3 Å². The van der Waals surface area contributed by atoms with Gasteiger partial charge in [-0.3, -0.25) is 24.1 Å². The minimum absolute atomic E-state index is 0.146. The van der Waals surface area contributed by atoms with Crippen LogP contribution in [0.25, 0.3) is 43.1 Å². The second-order valence-electron chi connectivity index (χ2n) is 14.3. The quantitative estimate of drug-likeness (QED) is 0.0520. The van der Waals surface area contributed by atoms with Gasteiger partial charge in [-0.05, 0) is 113 Å². The third-order valence-corrected chi connectivity index (χ3v) is 11.3. The number of rotatable bonds is 12. The highest BCUT2D eigenvalue weighted by Crippen LogP contribution is 2.47. The normalized spacial score (nSPS) is 15.2. The average Bonchev–Trinajstić information content (AvgIpc) is 3.21. The molecule has 0 aromatic heterocycles. The first-order valence-electron chi connectivity index (χ1n) is 18.5. The van der Waals surface area contributed by atoms with Crippen LogP contribution >= 0.6 is 23.2 Å². The van der Waals surface area contributed by atoms with Crippen LogP contribution in [-0.2, 0) is 14.2 Å². The molecule has 4 amide bonds. The molecular formula is C45H34Cl2N2O8. The van der Waals surface area contributed by atoms with Crippen LogP contribution in [0.15, 0.2) is 91.0 Å². The third kappa shape index (κ3) is 5.98. The van der Waals surface area contributed by atoms with E-state index in [4.69, 9.17) is 42.1 Å². The largest absolute Gasteiger partial charge is 0.456 e. The number of carbonyl (C=O) groups is 4. The zero-order valence-electron chi connectivity index (χ0n) is 31.1. The Morgan fingerprint density at radius 1 is 0.596 bits per heavy atom. The van der Waals surface area contributed by atoms with E-state index in [2.05, 4.69) is 0 Å². The SMILES string of the molecule is COCCOCC(C)OCC(C)N1C(=O)c2ccc3c4ccc5c6c(ccc(c7ccc(c2c37)C1=O)c64)C(=O)N(c1ccc(Oc2ccc(Cl)cc2)c(Cl)c1)C5=O. The van der Waals surface area contributed by atoms with Gasteiger partial charge in [0, 0.05) is 45.2 Å². The molecule has 0 radical (unpaired) electrons. The number of fused-ring (bicyclic) bond motifs is 2. The summed E-state index contributed by atoms with van der Waals surface area (Å²) in [6, 6.07) is 25.6. The molecule has 2 aliphatic rings. The Morgan fingerprint density at radius 2 is 1.12 bits per heavy atom. The fourth-order valence-electron chi connectivity index (χ4n) is 8.08. The van der Waals surface area contributed by atoms with E-state index in [-0.39, 0.29) is 17.7 Å². The molecule has 286 valence electrons. The van der Waals surface area contributed by atoms with E-state index in [1.165, 1.54) is 11.0 Å². The smallest absolute Gasteiger partial charge is 0.265 e. The van der Waals surface area contributed by atoms with Crippen molar-refractivity contribution >= 4 is 95.6 Å².